The molecule has 1 aliphatic rings. The minimum Gasteiger partial charge on any atom is -0.314 e. The van der Waals surface area contributed by atoms with Gasteiger partial charge >= 0.3 is 0 Å². The summed E-state index contributed by atoms with van der Waals surface area (Å²) in [5, 5.41) is 3.29. The van der Waals surface area contributed by atoms with E-state index >= 15 is 0 Å². The predicted molar refractivity (Wildman–Crippen MR) is 86.0 cm³/mol. The van der Waals surface area contributed by atoms with Crippen molar-refractivity contribution < 1.29 is 13.2 Å². The highest BCUT2D eigenvalue weighted by Crippen LogP contribution is 2.25. The molecule has 1 fully saturated rings. The first-order valence-electron chi connectivity index (χ1n) is 7.27. The van der Waals surface area contributed by atoms with Crippen molar-refractivity contribution in [3.63, 3.8) is 0 Å². The molecule has 3 rings (SSSR count). The summed E-state index contributed by atoms with van der Waals surface area (Å²) in [5.74, 6) is -1.95. The maximum atomic E-state index is 13.4. The quantitative estimate of drug-likeness (QED) is 0.915. The second-order valence-electron chi connectivity index (χ2n) is 5.49. The largest absolute Gasteiger partial charge is 0.314 e. The third kappa shape index (κ3) is 4.25. The van der Waals surface area contributed by atoms with E-state index in [1.807, 2.05) is 6.07 Å². The first-order valence-corrected chi connectivity index (χ1v) is 7.27. The number of hydrogen-bond donors (Lipinski definition) is 1. The molecule has 0 saturated carbocycles. The number of piperazine rings is 1. The molecule has 0 amide bonds. The van der Waals surface area contributed by atoms with E-state index in [0.29, 0.717) is 18.7 Å². The summed E-state index contributed by atoms with van der Waals surface area (Å²) in [5.41, 5.74) is 1.59. The van der Waals surface area contributed by atoms with Gasteiger partial charge in [-0.3, -0.25) is 4.90 Å². The third-order valence-corrected chi connectivity index (χ3v) is 3.96. The highest BCUT2D eigenvalue weighted by atomic mass is 35.5. The van der Waals surface area contributed by atoms with Crippen LogP contribution in [0.25, 0.3) is 0 Å². The van der Waals surface area contributed by atoms with Crippen LogP contribution < -0.4 is 5.32 Å². The van der Waals surface area contributed by atoms with E-state index in [-0.39, 0.29) is 24.3 Å². The summed E-state index contributed by atoms with van der Waals surface area (Å²) in [6.07, 6.45) is 0. The van der Waals surface area contributed by atoms with Gasteiger partial charge < -0.3 is 5.32 Å². The van der Waals surface area contributed by atoms with Crippen molar-refractivity contribution in [1.82, 2.24) is 10.2 Å². The van der Waals surface area contributed by atoms with Crippen LogP contribution in [0.2, 0.25) is 0 Å². The highest BCUT2D eigenvalue weighted by molar-refractivity contribution is 5.85. The molecule has 1 unspecified atom stereocenters. The van der Waals surface area contributed by atoms with E-state index in [9.17, 15) is 13.2 Å². The van der Waals surface area contributed by atoms with Crippen LogP contribution >= 0.6 is 12.4 Å². The standard InChI is InChI=1S/C17H17F3N2.ClH/c18-14-3-1-2-13(9-14)17-10-21-6-7-22(17)11-12-4-5-15(19)16(20)8-12;/h1-5,8-9,17,21H,6-7,10-11H2;1H. The molecule has 1 saturated heterocycles. The van der Waals surface area contributed by atoms with Gasteiger partial charge in [-0.1, -0.05) is 18.2 Å². The van der Waals surface area contributed by atoms with E-state index in [2.05, 4.69) is 10.2 Å². The van der Waals surface area contributed by atoms with E-state index in [1.54, 1.807) is 12.1 Å². The highest BCUT2D eigenvalue weighted by Gasteiger charge is 2.24. The molecule has 0 aliphatic carbocycles. The Morgan fingerprint density at radius 2 is 1.87 bits per heavy atom. The number of halogens is 4. The Morgan fingerprint density at radius 1 is 1.04 bits per heavy atom. The Bertz CT molecular complexity index is 666. The molecular weight excluding hydrogens is 325 g/mol. The summed E-state index contributed by atoms with van der Waals surface area (Å²) in [4.78, 5) is 2.15. The molecule has 124 valence electrons. The molecule has 0 radical (unpaired) electrons. The van der Waals surface area contributed by atoms with Crippen LogP contribution in [-0.2, 0) is 6.54 Å². The molecule has 2 nitrogen and oxygen atoms in total. The summed E-state index contributed by atoms with van der Waals surface area (Å²) in [6, 6.07) is 10.5. The first-order chi connectivity index (χ1) is 10.6. The van der Waals surface area contributed by atoms with Crippen molar-refractivity contribution >= 4 is 12.4 Å². The van der Waals surface area contributed by atoms with Gasteiger partial charge in [0, 0.05) is 32.2 Å². The fraction of sp³-hybridized carbons (Fsp3) is 0.294. The van der Waals surface area contributed by atoms with Crippen LogP contribution in [0.1, 0.15) is 17.2 Å². The van der Waals surface area contributed by atoms with Crippen LogP contribution in [0.3, 0.4) is 0 Å². The maximum absolute atomic E-state index is 13.4. The van der Waals surface area contributed by atoms with Gasteiger partial charge in [-0.2, -0.15) is 0 Å². The fourth-order valence-electron chi connectivity index (χ4n) is 2.85. The number of hydrogen-bond acceptors (Lipinski definition) is 2. The Hall–Kier alpha value is -1.56. The van der Waals surface area contributed by atoms with Gasteiger partial charge in [0.25, 0.3) is 0 Å². The lowest BCUT2D eigenvalue weighted by Gasteiger charge is -2.36. The van der Waals surface area contributed by atoms with Crippen molar-refractivity contribution in [2.45, 2.75) is 12.6 Å². The number of rotatable bonds is 3. The van der Waals surface area contributed by atoms with Crippen molar-refractivity contribution in [2.24, 2.45) is 0 Å². The molecule has 2 aromatic rings. The molecule has 23 heavy (non-hydrogen) atoms. The van der Waals surface area contributed by atoms with Crippen LogP contribution in [0, 0.1) is 17.5 Å². The zero-order valence-electron chi connectivity index (χ0n) is 12.4. The van der Waals surface area contributed by atoms with Crippen molar-refractivity contribution in [3.05, 3.63) is 71.0 Å². The normalized spacial score (nSPS) is 18.5. The second-order valence-corrected chi connectivity index (χ2v) is 5.49. The topological polar surface area (TPSA) is 15.3 Å². The van der Waals surface area contributed by atoms with E-state index in [0.717, 1.165) is 24.7 Å². The zero-order valence-corrected chi connectivity index (χ0v) is 13.3. The van der Waals surface area contributed by atoms with E-state index in [1.165, 1.54) is 18.2 Å². The summed E-state index contributed by atoms with van der Waals surface area (Å²) < 4.78 is 39.8. The smallest absolute Gasteiger partial charge is 0.159 e. The summed E-state index contributed by atoms with van der Waals surface area (Å²) in [7, 11) is 0. The van der Waals surface area contributed by atoms with Crippen molar-refractivity contribution in [1.29, 1.82) is 0 Å². The molecule has 1 atom stereocenters. The zero-order chi connectivity index (χ0) is 15.5. The van der Waals surface area contributed by atoms with E-state index < -0.39 is 11.6 Å². The minimum absolute atomic E-state index is 0. The van der Waals surface area contributed by atoms with Crippen molar-refractivity contribution in [2.75, 3.05) is 19.6 Å². The molecule has 1 N–H and O–H groups in total. The average molecular weight is 343 g/mol. The lowest BCUT2D eigenvalue weighted by atomic mass is 10.0. The van der Waals surface area contributed by atoms with Crippen LogP contribution in [-0.4, -0.2) is 24.5 Å². The Kier molecular flexibility index (Phi) is 6.04. The number of nitrogens with zero attached hydrogens (tertiary/aromatic N) is 1. The second kappa shape index (κ2) is 7.81. The fourth-order valence-corrected chi connectivity index (χ4v) is 2.85. The van der Waals surface area contributed by atoms with Gasteiger partial charge in [-0.15, -0.1) is 12.4 Å². The van der Waals surface area contributed by atoms with Crippen molar-refractivity contribution in [3.8, 4) is 0 Å². The Balaban J connectivity index is 0.00000192. The van der Waals surface area contributed by atoms with Gasteiger partial charge in [0.1, 0.15) is 5.82 Å². The molecular formula is C17H18ClF3N2. The van der Waals surface area contributed by atoms with Gasteiger partial charge in [0.2, 0.25) is 0 Å². The molecule has 0 spiro atoms. The predicted octanol–water partition coefficient (Wildman–Crippen LogP) is 3.67. The van der Waals surface area contributed by atoms with Gasteiger partial charge in [-0.25, -0.2) is 13.2 Å². The Labute approximate surface area is 139 Å². The molecule has 1 aliphatic heterocycles. The summed E-state index contributed by atoms with van der Waals surface area (Å²) in [6.45, 7) is 2.78. The van der Waals surface area contributed by atoms with Crippen LogP contribution in [0.4, 0.5) is 13.2 Å². The van der Waals surface area contributed by atoms with Crippen LogP contribution in [0.5, 0.6) is 0 Å². The van der Waals surface area contributed by atoms with Gasteiger partial charge in [-0.05, 0) is 35.4 Å². The molecule has 6 heteroatoms. The number of benzene rings is 2. The average Bonchev–Trinajstić information content (AvgIpc) is 2.51. The molecule has 0 aromatic heterocycles. The Morgan fingerprint density at radius 3 is 2.61 bits per heavy atom. The molecule has 2 aromatic carbocycles. The van der Waals surface area contributed by atoms with Gasteiger partial charge in [0.05, 0.1) is 0 Å². The third-order valence-electron chi connectivity index (χ3n) is 3.96. The van der Waals surface area contributed by atoms with Crippen LogP contribution in [0.15, 0.2) is 42.5 Å². The maximum Gasteiger partial charge on any atom is 0.159 e. The minimum atomic E-state index is -0.842. The first kappa shape index (κ1) is 17.8. The number of nitrogens with one attached hydrogen (secondary N) is 1. The summed E-state index contributed by atoms with van der Waals surface area (Å²) >= 11 is 0. The molecule has 1 heterocycles. The van der Waals surface area contributed by atoms with Gasteiger partial charge in [0.15, 0.2) is 11.6 Å². The molecule has 0 bridgehead atoms. The van der Waals surface area contributed by atoms with E-state index in [4.69, 9.17) is 0 Å². The lowest BCUT2D eigenvalue weighted by Crippen LogP contribution is -2.45. The SMILES string of the molecule is Cl.Fc1cccc(C2CNCCN2Cc2ccc(F)c(F)c2)c1. The monoisotopic (exact) mass is 342 g/mol. The lowest BCUT2D eigenvalue weighted by molar-refractivity contribution is 0.153.